The Morgan fingerprint density at radius 1 is 0.964 bits per heavy atom. The summed E-state index contributed by atoms with van der Waals surface area (Å²) in [5, 5.41) is 5.49. The highest BCUT2D eigenvalue weighted by atomic mass is 16.7. The van der Waals surface area contributed by atoms with Crippen molar-refractivity contribution >= 4 is 23.7 Å². The number of methoxy groups -OCH3 is 1. The summed E-state index contributed by atoms with van der Waals surface area (Å²) < 4.78 is 14.4. The van der Waals surface area contributed by atoms with E-state index in [1.54, 1.807) is 43.3 Å². The van der Waals surface area contributed by atoms with Crippen LogP contribution in [0.15, 0.2) is 48.5 Å². The van der Waals surface area contributed by atoms with Crippen molar-refractivity contribution in [3.8, 4) is 5.75 Å². The molecule has 0 saturated carbocycles. The van der Waals surface area contributed by atoms with Crippen LogP contribution in [0.4, 0.5) is 10.5 Å². The van der Waals surface area contributed by atoms with E-state index in [-0.39, 0.29) is 25.0 Å². The van der Waals surface area contributed by atoms with Crippen molar-refractivity contribution in [3.05, 3.63) is 59.7 Å². The Hall–Kier alpha value is -3.39. The lowest BCUT2D eigenvalue weighted by molar-refractivity contribution is -0.119. The van der Waals surface area contributed by atoms with E-state index < -0.39 is 6.16 Å². The number of hydrogen-bond acceptors (Lipinski definition) is 6. The van der Waals surface area contributed by atoms with Gasteiger partial charge >= 0.3 is 6.16 Å². The van der Waals surface area contributed by atoms with Crippen molar-refractivity contribution in [2.24, 2.45) is 0 Å². The van der Waals surface area contributed by atoms with Gasteiger partial charge in [-0.05, 0) is 48.9 Å². The Morgan fingerprint density at radius 3 is 2.25 bits per heavy atom. The molecular weight excluding hydrogens is 364 g/mol. The second-order valence-electron chi connectivity index (χ2n) is 5.67. The van der Waals surface area contributed by atoms with Gasteiger partial charge in [-0.2, -0.15) is 0 Å². The number of benzene rings is 2. The number of amides is 2. The van der Waals surface area contributed by atoms with Gasteiger partial charge in [0, 0.05) is 24.9 Å². The lowest BCUT2D eigenvalue weighted by Crippen LogP contribution is -2.22. The first-order valence-corrected chi connectivity index (χ1v) is 8.62. The Labute approximate surface area is 162 Å². The van der Waals surface area contributed by atoms with Crippen molar-refractivity contribution in [1.29, 1.82) is 0 Å². The quantitative estimate of drug-likeness (QED) is 0.534. The van der Waals surface area contributed by atoms with Gasteiger partial charge in [-0.15, -0.1) is 0 Å². The number of hydrogen-bond donors (Lipinski definition) is 2. The Bertz CT molecular complexity index is 802. The first kappa shape index (κ1) is 20.9. The van der Waals surface area contributed by atoms with Crippen LogP contribution < -0.4 is 15.4 Å². The van der Waals surface area contributed by atoms with E-state index in [9.17, 15) is 14.4 Å². The van der Waals surface area contributed by atoms with Crippen LogP contribution in [0.25, 0.3) is 0 Å². The van der Waals surface area contributed by atoms with Gasteiger partial charge < -0.3 is 24.8 Å². The lowest BCUT2D eigenvalue weighted by Gasteiger charge is -2.08. The average Bonchev–Trinajstić information content (AvgIpc) is 2.68. The zero-order valence-electron chi connectivity index (χ0n) is 15.7. The molecule has 0 aromatic heterocycles. The molecule has 2 aromatic rings. The Balaban J connectivity index is 1.84. The molecule has 0 bridgehead atoms. The summed E-state index contributed by atoms with van der Waals surface area (Å²) in [5.41, 5.74) is 1.95. The van der Waals surface area contributed by atoms with E-state index in [2.05, 4.69) is 15.4 Å². The standard InChI is InChI=1S/C20H22N2O6/c1-3-27-20(25)28-17-10-6-15(7-11-17)19(24)21-12-14-4-8-16(9-5-14)22-18(23)13-26-2/h4-11H,3,12-13H2,1-2H3,(H,21,24)(H,22,23). The smallest absolute Gasteiger partial charge is 0.434 e. The van der Waals surface area contributed by atoms with Crippen molar-refractivity contribution in [3.63, 3.8) is 0 Å². The maximum Gasteiger partial charge on any atom is 0.513 e. The third-order valence-corrected chi connectivity index (χ3v) is 3.55. The third kappa shape index (κ3) is 6.73. The molecule has 8 heteroatoms. The van der Waals surface area contributed by atoms with Crippen LogP contribution in [0, 0.1) is 0 Å². The monoisotopic (exact) mass is 386 g/mol. The van der Waals surface area contributed by atoms with Crippen LogP contribution in [0.2, 0.25) is 0 Å². The average molecular weight is 386 g/mol. The van der Waals surface area contributed by atoms with E-state index in [0.717, 1.165) is 5.56 Å². The summed E-state index contributed by atoms with van der Waals surface area (Å²) in [6, 6.07) is 13.2. The number of carbonyl (C=O) groups is 3. The molecule has 0 aliphatic carbocycles. The lowest BCUT2D eigenvalue weighted by atomic mass is 10.1. The molecule has 0 saturated heterocycles. The molecule has 2 rings (SSSR count). The zero-order valence-corrected chi connectivity index (χ0v) is 15.7. The Kier molecular flexibility index (Phi) is 7.98. The fourth-order valence-electron chi connectivity index (χ4n) is 2.24. The van der Waals surface area contributed by atoms with Gasteiger partial charge in [0.15, 0.2) is 0 Å². The van der Waals surface area contributed by atoms with Gasteiger partial charge in [-0.1, -0.05) is 12.1 Å². The van der Waals surface area contributed by atoms with Crippen LogP contribution in [-0.2, 0) is 20.8 Å². The summed E-state index contributed by atoms with van der Waals surface area (Å²) in [7, 11) is 1.45. The molecule has 8 nitrogen and oxygen atoms in total. The van der Waals surface area contributed by atoms with Gasteiger partial charge in [0.1, 0.15) is 12.4 Å². The van der Waals surface area contributed by atoms with Crippen LogP contribution in [-0.4, -0.2) is 38.3 Å². The molecule has 0 fully saturated rings. The SMILES string of the molecule is CCOC(=O)Oc1ccc(C(=O)NCc2ccc(NC(=O)COC)cc2)cc1. The van der Waals surface area contributed by atoms with Gasteiger partial charge in [0.05, 0.1) is 6.61 Å². The van der Waals surface area contributed by atoms with E-state index in [0.29, 0.717) is 23.5 Å². The molecule has 0 aliphatic heterocycles. The van der Waals surface area contributed by atoms with Crippen LogP contribution in [0.1, 0.15) is 22.8 Å². The van der Waals surface area contributed by atoms with Crippen LogP contribution in [0.3, 0.4) is 0 Å². The molecule has 0 atom stereocenters. The maximum absolute atomic E-state index is 12.2. The maximum atomic E-state index is 12.2. The van der Waals surface area contributed by atoms with E-state index in [1.807, 2.05) is 0 Å². The van der Waals surface area contributed by atoms with Crippen LogP contribution >= 0.6 is 0 Å². The van der Waals surface area contributed by atoms with Crippen molar-refractivity contribution in [2.45, 2.75) is 13.5 Å². The summed E-state index contributed by atoms with van der Waals surface area (Å²) in [4.78, 5) is 34.9. The van der Waals surface area contributed by atoms with Crippen molar-refractivity contribution in [2.75, 3.05) is 25.6 Å². The van der Waals surface area contributed by atoms with Crippen molar-refractivity contribution in [1.82, 2.24) is 5.32 Å². The molecular formula is C20H22N2O6. The highest BCUT2D eigenvalue weighted by Gasteiger charge is 2.08. The predicted octanol–water partition coefficient (Wildman–Crippen LogP) is 2.74. The van der Waals surface area contributed by atoms with Crippen LogP contribution in [0.5, 0.6) is 5.75 Å². The third-order valence-electron chi connectivity index (χ3n) is 3.55. The number of carbonyl (C=O) groups excluding carboxylic acids is 3. The summed E-state index contributed by atoms with van der Waals surface area (Å²) in [5.74, 6) is -0.208. The molecule has 0 heterocycles. The second kappa shape index (κ2) is 10.7. The number of rotatable bonds is 8. The van der Waals surface area contributed by atoms with E-state index in [4.69, 9.17) is 9.47 Å². The molecule has 0 radical (unpaired) electrons. The molecule has 0 unspecified atom stereocenters. The van der Waals surface area contributed by atoms with Gasteiger partial charge in [0.2, 0.25) is 5.91 Å². The highest BCUT2D eigenvalue weighted by Crippen LogP contribution is 2.14. The minimum Gasteiger partial charge on any atom is -0.434 e. The first-order chi connectivity index (χ1) is 13.5. The normalized spacial score (nSPS) is 10.1. The minimum absolute atomic E-state index is 0.0125. The fraction of sp³-hybridized carbons (Fsp3) is 0.250. The fourth-order valence-corrected chi connectivity index (χ4v) is 2.24. The molecule has 148 valence electrons. The molecule has 0 aliphatic rings. The minimum atomic E-state index is -0.790. The summed E-state index contributed by atoms with van der Waals surface area (Å²) >= 11 is 0. The molecule has 2 amide bonds. The van der Waals surface area contributed by atoms with E-state index >= 15 is 0 Å². The zero-order chi connectivity index (χ0) is 20.4. The molecule has 28 heavy (non-hydrogen) atoms. The Morgan fingerprint density at radius 2 is 1.64 bits per heavy atom. The summed E-state index contributed by atoms with van der Waals surface area (Å²) in [6.07, 6.45) is -0.790. The van der Waals surface area contributed by atoms with Gasteiger partial charge in [-0.25, -0.2) is 4.79 Å². The number of ether oxygens (including phenoxy) is 3. The molecule has 2 N–H and O–H groups in total. The second-order valence-corrected chi connectivity index (χ2v) is 5.67. The van der Waals surface area contributed by atoms with Gasteiger partial charge in [0.25, 0.3) is 5.91 Å². The summed E-state index contributed by atoms with van der Waals surface area (Å²) in [6.45, 7) is 2.22. The predicted molar refractivity (Wildman–Crippen MR) is 102 cm³/mol. The largest absolute Gasteiger partial charge is 0.513 e. The number of anilines is 1. The topological polar surface area (TPSA) is 103 Å². The van der Waals surface area contributed by atoms with Crippen molar-refractivity contribution < 1.29 is 28.6 Å². The first-order valence-electron chi connectivity index (χ1n) is 8.62. The van der Waals surface area contributed by atoms with E-state index in [1.165, 1.54) is 19.2 Å². The van der Waals surface area contributed by atoms with Gasteiger partial charge in [-0.3, -0.25) is 9.59 Å². The molecule has 0 spiro atoms. The highest BCUT2D eigenvalue weighted by molar-refractivity contribution is 5.94. The number of nitrogens with one attached hydrogen (secondary N) is 2. The molecule has 2 aromatic carbocycles.